The van der Waals surface area contributed by atoms with Gasteiger partial charge in [-0.25, -0.2) is 0 Å². The van der Waals surface area contributed by atoms with E-state index in [-0.39, 0.29) is 11.6 Å². The molecular formula is C63H40Cl2O4. The number of ketones is 2. The third-order valence-corrected chi connectivity index (χ3v) is 13.4. The standard InChI is InChI=1S/C63H40Cl2O4/c64-49-29-19-43(20-30-49)61(66)45-23-33-51(34-24-45)68-59-37-27-47(39-55(59)41-11-3-1-4-12-41)63(57-17-9-7-15-53(57)54-16-8-10-18-58(54)63)48-28-38-60(56(40-48)42-13-5-2-6-14-42)69-52-35-25-46(26-36-52)62(67)44-21-31-50(65)32-22-44/h1-40H. The average molecular weight is 932 g/mol. The van der Waals surface area contributed by atoms with E-state index in [1.54, 1.807) is 72.8 Å². The molecule has 0 amide bonds. The normalized spacial score (nSPS) is 12.1. The molecule has 0 aromatic heterocycles. The number of benzene rings is 10. The molecule has 6 heteroatoms. The van der Waals surface area contributed by atoms with Gasteiger partial charge in [0.25, 0.3) is 0 Å². The van der Waals surface area contributed by atoms with E-state index in [1.165, 1.54) is 0 Å². The van der Waals surface area contributed by atoms with Gasteiger partial charge in [0, 0.05) is 43.4 Å². The predicted octanol–water partition coefficient (Wildman–Crippen LogP) is 16.7. The lowest BCUT2D eigenvalue weighted by molar-refractivity contribution is 0.103. The number of carbonyl (C=O) groups is 2. The first kappa shape index (κ1) is 43.3. The molecule has 10 aromatic carbocycles. The van der Waals surface area contributed by atoms with E-state index >= 15 is 0 Å². The summed E-state index contributed by atoms with van der Waals surface area (Å²) in [7, 11) is 0. The molecule has 0 N–H and O–H groups in total. The maximum absolute atomic E-state index is 13.3. The van der Waals surface area contributed by atoms with Gasteiger partial charge in [-0.05, 0) is 166 Å². The van der Waals surface area contributed by atoms with Crippen molar-refractivity contribution in [3.05, 3.63) is 297 Å². The van der Waals surface area contributed by atoms with E-state index in [1.807, 2.05) is 60.7 Å². The number of hydrogen-bond acceptors (Lipinski definition) is 4. The Morgan fingerprint density at radius 3 is 1.04 bits per heavy atom. The lowest BCUT2D eigenvalue weighted by Crippen LogP contribution is -2.28. The number of ether oxygens (including phenoxy) is 2. The van der Waals surface area contributed by atoms with Crippen molar-refractivity contribution in [2.24, 2.45) is 0 Å². The van der Waals surface area contributed by atoms with Gasteiger partial charge in [0.2, 0.25) is 0 Å². The van der Waals surface area contributed by atoms with Crippen LogP contribution < -0.4 is 9.47 Å². The van der Waals surface area contributed by atoms with Crippen molar-refractivity contribution < 1.29 is 19.1 Å². The zero-order valence-electron chi connectivity index (χ0n) is 37.0. The van der Waals surface area contributed by atoms with Crippen LogP contribution in [0.25, 0.3) is 33.4 Å². The third-order valence-electron chi connectivity index (χ3n) is 12.8. The van der Waals surface area contributed by atoms with Crippen molar-refractivity contribution in [1.29, 1.82) is 0 Å². The second kappa shape index (κ2) is 18.4. The van der Waals surface area contributed by atoms with Crippen molar-refractivity contribution in [1.82, 2.24) is 0 Å². The van der Waals surface area contributed by atoms with Gasteiger partial charge in [-0.1, -0.05) is 145 Å². The molecule has 0 radical (unpaired) electrons. The van der Waals surface area contributed by atoms with E-state index in [2.05, 4.69) is 109 Å². The van der Waals surface area contributed by atoms with Gasteiger partial charge in [0.05, 0.1) is 5.41 Å². The summed E-state index contributed by atoms with van der Waals surface area (Å²) in [5.41, 5.74) is 12.0. The summed E-state index contributed by atoms with van der Waals surface area (Å²) in [6.45, 7) is 0. The Morgan fingerprint density at radius 1 is 0.333 bits per heavy atom. The Hall–Kier alpha value is -8.28. The molecule has 0 bridgehead atoms. The molecule has 1 aliphatic rings. The Morgan fingerprint density at radius 2 is 0.667 bits per heavy atom. The molecule has 0 saturated carbocycles. The average Bonchev–Trinajstić information content (AvgIpc) is 3.71. The van der Waals surface area contributed by atoms with Crippen LogP contribution in [0.5, 0.6) is 23.0 Å². The molecule has 0 spiro atoms. The SMILES string of the molecule is O=C(c1ccc(Cl)cc1)c1ccc(Oc2ccc(C3(c4ccc(Oc5ccc(C(=O)c6ccc(Cl)cc6)cc5)c(-c5ccccc5)c4)c4ccccc4-c4ccccc43)cc2-c2ccccc2)cc1. The smallest absolute Gasteiger partial charge is 0.193 e. The number of fused-ring (bicyclic) bond motifs is 3. The summed E-state index contributed by atoms with van der Waals surface area (Å²) >= 11 is 12.2. The summed E-state index contributed by atoms with van der Waals surface area (Å²) in [5.74, 6) is 2.36. The van der Waals surface area contributed by atoms with Crippen LogP contribution in [0, 0.1) is 0 Å². The maximum atomic E-state index is 13.3. The van der Waals surface area contributed by atoms with E-state index in [9.17, 15) is 9.59 Å². The van der Waals surface area contributed by atoms with E-state index in [0.717, 1.165) is 55.6 Å². The largest absolute Gasteiger partial charge is 0.457 e. The molecule has 0 fully saturated rings. The van der Waals surface area contributed by atoms with Crippen molar-refractivity contribution in [2.75, 3.05) is 0 Å². The van der Waals surface area contributed by atoms with Crippen LogP contribution in [-0.4, -0.2) is 11.6 Å². The predicted molar refractivity (Wildman–Crippen MR) is 277 cm³/mol. The number of hydrogen-bond donors (Lipinski definition) is 0. The summed E-state index contributed by atoms with van der Waals surface area (Å²) in [6, 6.07) is 79.3. The van der Waals surface area contributed by atoms with Crippen LogP contribution in [0.15, 0.2) is 243 Å². The first-order chi connectivity index (χ1) is 33.8. The molecule has 0 heterocycles. The van der Waals surface area contributed by atoms with Crippen LogP contribution in [0.4, 0.5) is 0 Å². The molecule has 0 aliphatic heterocycles. The second-order valence-corrected chi connectivity index (χ2v) is 17.8. The zero-order chi connectivity index (χ0) is 46.9. The minimum Gasteiger partial charge on any atom is -0.457 e. The van der Waals surface area contributed by atoms with E-state index in [0.29, 0.717) is 55.3 Å². The fourth-order valence-corrected chi connectivity index (χ4v) is 9.81. The highest BCUT2D eigenvalue weighted by Crippen LogP contribution is 2.58. The molecule has 4 nitrogen and oxygen atoms in total. The minimum absolute atomic E-state index is 0.0949. The first-order valence-electron chi connectivity index (χ1n) is 22.6. The topological polar surface area (TPSA) is 52.6 Å². The lowest BCUT2D eigenvalue weighted by Gasteiger charge is -2.35. The summed E-state index contributed by atoms with van der Waals surface area (Å²) in [6.07, 6.45) is 0. The van der Waals surface area contributed by atoms with Crippen LogP contribution in [0.3, 0.4) is 0 Å². The van der Waals surface area contributed by atoms with Crippen molar-refractivity contribution in [2.45, 2.75) is 5.41 Å². The Balaban J connectivity index is 1.03. The Bertz CT molecular complexity index is 3280. The first-order valence-corrected chi connectivity index (χ1v) is 23.3. The summed E-state index contributed by atoms with van der Waals surface area (Å²) in [4.78, 5) is 26.7. The molecule has 1 aliphatic carbocycles. The molecule has 0 unspecified atom stereocenters. The van der Waals surface area contributed by atoms with Crippen LogP contribution in [0.1, 0.15) is 54.1 Å². The highest BCUT2D eigenvalue weighted by Gasteiger charge is 2.46. The van der Waals surface area contributed by atoms with E-state index < -0.39 is 5.41 Å². The van der Waals surface area contributed by atoms with Crippen molar-refractivity contribution in [3.63, 3.8) is 0 Å². The van der Waals surface area contributed by atoms with Gasteiger partial charge >= 0.3 is 0 Å². The molecule has 0 atom stereocenters. The van der Waals surface area contributed by atoms with Gasteiger partial charge < -0.3 is 9.47 Å². The summed E-state index contributed by atoms with van der Waals surface area (Å²) < 4.78 is 13.5. The highest BCUT2D eigenvalue weighted by molar-refractivity contribution is 6.31. The molecule has 330 valence electrons. The van der Waals surface area contributed by atoms with E-state index in [4.69, 9.17) is 32.7 Å². The van der Waals surface area contributed by atoms with Gasteiger partial charge in [-0.15, -0.1) is 0 Å². The monoisotopic (exact) mass is 930 g/mol. The number of rotatable bonds is 12. The van der Waals surface area contributed by atoms with Gasteiger partial charge in [0.15, 0.2) is 11.6 Å². The molecule has 10 aromatic rings. The molecule has 11 rings (SSSR count). The van der Waals surface area contributed by atoms with Crippen molar-refractivity contribution in [3.8, 4) is 56.4 Å². The second-order valence-electron chi connectivity index (χ2n) is 16.9. The summed E-state index contributed by atoms with van der Waals surface area (Å²) in [5, 5.41) is 1.15. The highest BCUT2D eigenvalue weighted by atomic mass is 35.5. The molecule has 69 heavy (non-hydrogen) atoms. The quantitative estimate of drug-likeness (QED) is 0.115. The van der Waals surface area contributed by atoms with Gasteiger partial charge in [-0.2, -0.15) is 0 Å². The number of halogens is 2. The Kier molecular flexibility index (Phi) is 11.6. The molecular weight excluding hydrogens is 892 g/mol. The fourth-order valence-electron chi connectivity index (χ4n) is 9.55. The van der Waals surface area contributed by atoms with Crippen LogP contribution >= 0.6 is 23.2 Å². The third kappa shape index (κ3) is 8.21. The van der Waals surface area contributed by atoms with Gasteiger partial charge in [0.1, 0.15) is 23.0 Å². The number of carbonyl (C=O) groups excluding carboxylic acids is 2. The minimum atomic E-state index is -0.773. The maximum Gasteiger partial charge on any atom is 0.193 e. The van der Waals surface area contributed by atoms with Crippen molar-refractivity contribution >= 4 is 34.8 Å². The van der Waals surface area contributed by atoms with Crippen LogP contribution in [-0.2, 0) is 5.41 Å². The zero-order valence-corrected chi connectivity index (χ0v) is 38.5. The lowest BCUT2D eigenvalue weighted by atomic mass is 9.67. The fraction of sp³-hybridized carbons (Fsp3) is 0.0159. The van der Waals surface area contributed by atoms with Gasteiger partial charge in [-0.3, -0.25) is 9.59 Å². The Labute approximate surface area is 410 Å². The van der Waals surface area contributed by atoms with Crippen LogP contribution in [0.2, 0.25) is 10.0 Å². The molecule has 0 saturated heterocycles.